The van der Waals surface area contributed by atoms with Crippen LogP contribution in [0.2, 0.25) is 0 Å². The molecule has 0 atom stereocenters. The first-order chi connectivity index (χ1) is 7.41. The van der Waals surface area contributed by atoms with Crippen molar-refractivity contribution in [3.63, 3.8) is 0 Å². The molecule has 90 valence electrons. The molecule has 1 fully saturated rings. The lowest BCUT2D eigenvalue weighted by molar-refractivity contribution is -0.0650. The Morgan fingerprint density at radius 3 is 2.56 bits per heavy atom. The molecule has 1 aromatic heterocycles. The van der Waals surface area contributed by atoms with Gasteiger partial charge < -0.3 is 10.5 Å². The quantitative estimate of drug-likeness (QED) is 0.926. The molecule has 2 nitrogen and oxygen atoms in total. The molecule has 2 heterocycles. The number of hydrogen-bond donors (Lipinski definition) is 1. The van der Waals surface area contributed by atoms with Crippen molar-refractivity contribution in [3.05, 3.63) is 20.8 Å². The molecule has 1 aliphatic rings. The topological polar surface area (TPSA) is 35.2 Å². The third-order valence-electron chi connectivity index (χ3n) is 3.10. The predicted molar refractivity (Wildman–Crippen MR) is 72.0 cm³/mol. The van der Waals surface area contributed by atoms with Gasteiger partial charge in [0.2, 0.25) is 0 Å². The zero-order valence-electron chi connectivity index (χ0n) is 9.75. The second-order valence-electron chi connectivity index (χ2n) is 5.37. The van der Waals surface area contributed by atoms with Crippen LogP contribution in [0.15, 0.2) is 15.9 Å². The van der Waals surface area contributed by atoms with Crippen molar-refractivity contribution in [2.45, 2.75) is 37.6 Å². The van der Waals surface area contributed by atoms with E-state index in [-0.39, 0.29) is 11.0 Å². The summed E-state index contributed by atoms with van der Waals surface area (Å²) in [5, 5.41) is 0. The molecule has 0 bridgehead atoms. The number of nitrogens with two attached hydrogens (primary N) is 1. The summed E-state index contributed by atoms with van der Waals surface area (Å²) in [6, 6.07) is 4.33. The van der Waals surface area contributed by atoms with Gasteiger partial charge in [-0.25, -0.2) is 0 Å². The van der Waals surface area contributed by atoms with Gasteiger partial charge in [-0.05, 0) is 54.8 Å². The molecular weight excluding hydrogens is 286 g/mol. The van der Waals surface area contributed by atoms with Gasteiger partial charge in [0.25, 0.3) is 0 Å². The lowest BCUT2D eigenvalue weighted by Gasteiger charge is -2.42. The smallest absolute Gasteiger partial charge is 0.0701 e. The molecule has 16 heavy (non-hydrogen) atoms. The first-order valence-corrected chi connectivity index (χ1v) is 7.15. The van der Waals surface area contributed by atoms with Crippen molar-refractivity contribution in [2.75, 3.05) is 13.2 Å². The molecule has 0 aromatic carbocycles. The number of ether oxygens (including phenoxy) is 1. The Balaban J connectivity index is 2.08. The average Bonchev–Trinajstić information content (AvgIpc) is 2.48. The molecule has 1 aliphatic heterocycles. The minimum atomic E-state index is -0.0862. The Hall–Kier alpha value is 0.1000. The Kier molecular flexibility index (Phi) is 3.46. The number of thiophene rings is 1. The Labute approximate surface area is 109 Å². The number of halogens is 1. The average molecular weight is 304 g/mol. The Bertz CT molecular complexity index is 365. The van der Waals surface area contributed by atoms with E-state index in [1.54, 1.807) is 0 Å². The zero-order chi connectivity index (χ0) is 11.8. The third-order valence-corrected chi connectivity index (χ3v) is 4.97. The third kappa shape index (κ3) is 2.67. The molecular formula is C12H18BrNOS. The van der Waals surface area contributed by atoms with Gasteiger partial charge in [0, 0.05) is 10.4 Å². The van der Waals surface area contributed by atoms with Crippen molar-refractivity contribution in [2.24, 2.45) is 5.73 Å². The van der Waals surface area contributed by atoms with Crippen LogP contribution in [-0.2, 0) is 10.2 Å². The lowest BCUT2D eigenvalue weighted by atomic mass is 9.77. The molecule has 1 saturated heterocycles. The van der Waals surface area contributed by atoms with Crippen LogP contribution >= 0.6 is 27.3 Å². The molecule has 4 heteroatoms. The van der Waals surface area contributed by atoms with Crippen molar-refractivity contribution >= 4 is 27.3 Å². The van der Waals surface area contributed by atoms with E-state index in [9.17, 15) is 0 Å². The van der Waals surface area contributed by atoms with Gasteiger partial charge in [0.05, 0.1) is 22.4 Å². The fourth-order valence-electron chi connectivity index (χ4n) is 1.92. The summed E-state index contributed by atoms with van der Waals surface area (Å²) >= 11 is 5.34. The molecule has 0 spiro atoms. The van der Waals surface area contributed by atoms with Gasteiger partial charge in [-0.2, -0.15) is 0 Å². The first kappa shape index (κ1) is 12.6. The van der Waals surface area contributed by atoms with E-state index in [1.165, 1.54) is 8.66 Å². The summed E-state index contributed by atoms with van der Waals surface area (Å²) in [6.45, 7) is 5.86. The Morgan fingerprint density at radius 2 is 2.19 bits per heavy atom. The molecule has 0 saturated carbocycles. The summed E-state index contributed by atoms with van der Waals surface area (Å²) in [5.74, 6) is 0. The number of hydrogen-bond acceptors (Lipinski definition) is 3. The normalized spacial score (nSPS) is 19.5. The van der Waals surface area contributed by atoms with Gasteiger partial charge in [0.15, 0.2) is 0 Å². The highest BCUT2D eigenvalue weighted by Crippen LogP contribution is 2.42. The van der Waals surface area contributed by atoms with Crippen molar-refractivity contribution in [3.8, 4) is 0 Å². The standard InChI is InChI=1S/C12H18BrNOS/c1-11(2,14)5-6-12(7-15-8-12)9-3-4-10(13)16-9/h3-4H,5-8,14H2,1-2H3. The fraction of sp³-hybridized carbons (Fsp3) is 0.667. The van der Waals surface area contributed by atoms with Crippen LogP contribution in [0.25, 0.3) is 0 Å². The van der Waals surface area contributed by atoms with Crippen LogP contribution in [-0.4, -0.2) is 18.8 Å². The molecule has 2 N–H and O–H groups in total. The second-order valence-corrected chi connectivity index (χ2v) is 7.83. The summed E-state index contributed by atoms with van der Waals surface area (Å²) in [6.07, 6.45) is 2.15. The molecule has 1 aromatic rings. The predicted octanol–water partition coefficient (Wildman–Crippen LogP) is 3.30. The van der Waals surface area contributed by atoms with Gasteiger partial charge in [0.1, 0.15) is 0 Å². The van der Waals surface area contributed by atoms with Gasteiger partial charge in [-0.15, -0.1) is 11.3 Å². The summed E-state index contributed by atoms with van der Waals surface area (Å²) in [4.78, 5) is 1.43. The minimum absolute atomic E-state index is 0.0862. The summed E-state index contributed by atoms with van der Waals surface area (Å²) < 4.78 is 6.61. The maximum Gasteiger partial charge on any atom is 0.0701 e. The van der Waals surface area contributed by atoms with Gasteiger partial charge in [-0.1, -0.05) is 0 Å². The molecule has 0 radical (unpaired) electrons. The molecule has 0 aliphatic carbocycles. The van der Waals surface area contributed by atoms with E-state index in [0.717, 1.165) is 26.1 Å². The highest BCUT2D eigenvalue weighted by molar-refractivity contribution is 9.11. The van der Waals surface area contributed by atoms with Crippen LogP contribution in [0.4, 0.5) is 0 Å². The molecule has 0 amide bonds. The first-order valence-electron chi connectivity index (χ1n) is 5.54. The minimum Gasteiger partial charge on any atom is -0.379 e. The van der Waals surface area contributed by atoms with Crippen molar-refractivity contribution in [1.29, 1.82) is 0 Å². The number of rotatable bonds is 4. The molecule has 2 rings (SSSR count). The second kappa shape index (κ2) is 4.41. The zero-order valence-corrected chi connectivity index (χ0v) is 12.2. The van der Waals surface area contributed by atoms with E-state index >= 15 is 0 Å². The van der Waals surface area contributed by atoms with E-state index < -0.39 is 0 Å². The van der Waals surface area contributed by atoms with Crippen molar-refractivity contribution in [1.82, 2.24) is 0 Å². The summed E-state index contributed by atoms with van der Waals surface area (Å²) in [7, 11) is 0. The summed E-state index contributed by atoms with van der Waals surface area (Å²) in [5.41, 5.74) is 6.20. The fourth-order valence-corrected chi connectivity index (χ4v) is 3.49. The van der Waals surface area contributed by atoms with Crippen molar-refractivity contribution < 1.29 is 4.74 Å². The molecule has 0 unspecified atom stereocenters. The van der Waals surface area contributed by atoms with Crippen LogP contribution in [0, 0.1) is 0 Å². The Morgan fingerprint density at radius 1 is 1.50 bits per heavy atom. The highest BCUT2D eigenvalue weighted by atomic mass is 79.9. The monoisotopic (exact) mass is 303 g/mol. The van der Waals surface area contributed by atoms with E-state index in [4.69, 9.17) is 10.5 Å². The van der Waals surface area contributed by atoms with Gasteiger partial charge >= 0.3 is 0 Å². The van der Waals surface area contributed by atoms with E-state index in [0.29, 0.717) is 0 Å². The SMILES string of the molecule is CC(C)(N)CCC1(c2ccc(Br)s2)COC1. The van der Waals surface area contributed by atoms with Crippen LogP contribution in [0.5, 0.6) is 0 Å². The van der Waals surface area contributed by atoms with E-state index in [2.05, 4.69) is 41.9 Å². The largest absolute Gasteiger partial charge is 0.379 e. The van der Waals surface area contributed by atoms with Gasteiger partial charge in [-0.3, -0.25) is 0 Å². The highest BCUT2D eigenvalue weighted by Gasteiger charge is 2.41. The van der Waals surface area contributed by atoms with Crippen LogP contribution in [0.1, 0.15) is 31.6 Å². The maximum atomic E-state index is 6.06. The van der Waals surface area contributed by atoms with Crippen LogP contribution < -0.4 is 5.73 Å². The van der Waals surface area contributed by atoms with Crippen LogP contribution in [0.3, 0.4) is 0 Å². The maximum absolute atomic E-state index is 6.06. The lowest BCUT2D eigenvalue weighted by Crippen LogP contribution is -2.48. The van der Waals surface area contributed by atoms with E-state index in [1.807, 2.05) is 11.3 Å².